The van der Waals surface area contributed by atoms with Gasteiger partial charge in [0.1, 0.15) is 0 Å². The first-order valence-electron chi connectivity index (χ1n) is 10.2. The molecule has 0 aromatic heterocycles. The van der Waals surface area contributed by atoms with Crippen LogP contribution in [-0.4, -0.2) is 32.0 Å². The van der Waals surface area contributed by atoms with Gasteiger partial charge in [-0.2, -0.15) is 0 Å². The van der Waals surface area contributed by atoms with E-state index in [0.29, 0.717) is 18.6 Å². The van der Waals surface area contributed by atoms with Crippen LogP contribution >= 0.6 is 0 Å². The fourth-order valence-electron chi connectivity index (χ4n) is 3.47. The molecule has 2 atom stereocenters. The molecule has 1 aliphatic rings. The number of carbonyl (C=O) groups excluding carboxylic acids is 1. The summed E-state index contributed by atoms with van der Waals surface area (Å²) >= 11 is 0. The van der Waals surface area contributed by atoms with E-state index >= 15 is 0 Å². The summed E-state index contributed by atoms with van der Waals surface area (Å²) in [6.45, 7) is 2.99. The molecule has 4 heteroatoms. The van der Waals surface area contributed by atoms with E-state index in [-0.39, 0.29) is 5.97 Å². The van der Waals surface area contributed by atoms with Gasteiger partial charge in [-0.1, -0.05) is 71.1 Å². The lowest BCUT2D eigenvalue weighted by Gasteiger charge is -2.18. The second kappa shape index (κ2) is 14.7. The molecule has 142 valence electrons. The molecule has 1 aliphatic heterocycles. The molecule has 0 spiro atoms. The van der Waals surface area contributed by atoms with Gasteiger partial charge < -0.3 is 9.47 Å². The molecule has 0 radical (unpaired) electrons. The zero-order valence-electron chi connectivity index (χ0n) is 16.0. The van der Waals surface area contributed by atoms with Gasteiger partial charge in [-0.05, 0) is 19.3 Å². The average molecular weight is 342 g/mol. The minimum Gasteiger partial charge on any atom is -0.469 e. The minimum atomic E-state index is -0.0852. The van der Waals surface area contributed by atoms with Crippen LogP contribution in [0.2, 0.25) is 0 Å². The predicted molar refractivity (Wildman–Crippen MR) is 99.0 cm³/mol. The molecule has 0 aliphatic carbocycles. The Balaban J connectivity index is 1.96. The van der Waals surface area contributed by atoms with Gasteiger partial charge in [0.2, 0.25) is 0 Å². The number of esters is 1. The van der Waals surface area contributed by atoms with E-state index in [4.69, 9.17) is 4.74 Å². The van der Waals surface area contributed by atoms with Crippen LogP contribution in [0, 0.1) is 0 Å². The van der Waals surface area contributed by atoms with Crippen molar-refractivity contribution in [2.75, 3.05) is 13.8 Å². The van der Waals surface area contributed by atoms with Gasteiger partial charge in [-0.3, -0.25) is 10.1 Å². The van der Waals surface area contributed by atoms with Crippen LogP contribution in [0.4, 0.5) is 0 Å². The molecule has 1 rings (SSSR count). The van der Waals surface area contributed by atoms with Gasteiger partial charge in [0, 0.05) is 12.5 Å². The van der Waals surface area contributed by atoms with E-state index in [1.165, 1.54) is 77.7 Å². The van der Waals surface area contributed by atoms with Crippen molar-refractivity contribution in [2.45, 2.75) is 109 Å². The molecule has 0 amide bonds. The van der Waals surface area contributed by atoms with E-state index in [9.17, 15) is 4.79 Å². The van der Waals surface area contributed by atoms with Crippen LogP contribution in [-0.2, 0) is 14.3 Å². The van der Waals surface area contributed by atoms with Crippen molar-refractivity contribution in [1.82, 2.24) is 5.32 Å². The normalized spacial score (nSPS) is 20.4. The maximum Gasteiger partial charge on any atom is 0.305 e. The highest BCUT2D eigenvalue weighted by Gasteiger charge is 2.26. The Morgan fingerprint density at radius 1 is 0.958 bits per heavy atom. The van der Waals surface area contributed by atoms with E-state index in [2.05, 4.69) is 17.0 Å². The largest absolute Gasteiger partial charge is 0.469 e. The highest BCUT2D eigenvalue weighted by Crippen LogP contribution is 2.20. The third-order valence-electron chi connectivity index (χ3n) is 5.06. The summed E-state index contributed by atoms with van der Waals surface area (Å²) in [6.07, 6.45) is 17.3. The lowest BCUT2D eigenvalue weighted by atomic mass is 9.98. The second-order valence-corrected chi connectivity index (χ2v) is 7.10. The standard InChI is InChI=1S/C20H39NO3/c1-3-4-5-6-8-11-14-18-19(24-17-21-18)15-12-9-7-10-13-16-20(22)23-2/h18-19,21H,3-17H2,1-2H3/t18-,19-/m1/s1. The fraction of sp³-hybridized carbons (Fsp3) is 0.950. The molecular weight excluding hydrogens is 302 g/mol. The molecule has 4 nitrogen and oxygen atoms in total. The average Bonchev–Trinajstić information content (AvgIpc) is 3.04. The van der Waals surface area contributed by atoms with Crippen LogP contribution < -0.4 is 5.32 Å². The molecule has 1 N–H and O–H groups in total. The molecule has 0 saturated carbocycles. The van der Waals surface area contributed by atoms with Gasteiger partial charge in [0.05, 0.1) is 19.9 Å². The first-order chi connectivity index (χ1) is 11.8. The Morgan fingerprint density at radius 3 is 2.29 bits per heavy atom. The number of methoxy groups -OCH3 is 1. The summed E-state index contributed by atoms with van der Waals surface area (Å²) in [4.78, 5) is 11.0. The Hall–Kier alpha value is -0.610. The molecule has 0 aromatic carbocycles. The monoisotopic (exact) mass is 341 g/mol. The van der Waals surface area contributed by atoms with Crippen LogP contribution in [0.3, 0.4) is 0 Å². The van der Waals surface area contributed by atoms with E-state index in [0.717, 1.165) is 19.6 Å². The van der Waals surface area contributed by atoms with Gasteiger partial charge in [0.25, 0.3) is 0 Å². The fourth-order valence-corrected chi connectivity index (χ4v) is 3.47. The Labute approximate surface area is 149 Å². The second-order valence-electron chi connectivity index (χ2n) is 7.10. The van der Waals surface area contributed by atoms with Crippen LogP contribution in [0.5, 0.6) is 0 Å². The number of nitrogens with one attached hydrogen (secondary N) is 1. The SMILES string of the molecule is CCCCCCCC[C@H]1NCO[C@@H]1CCCCCCCC(=O)OC. The van der Waals surface area contributed by atoms with Crippen LogP contribution in [0.15, 0.2) is 0 Å². The highest BCUT2D eigenvalue weighted by molar-refractivity contribution is 5.68. The zero-order valence-corrected chi connectivity index (χ0v) is 16.0. The number of ether oxygens (including phenoxy) is 2. The summed E-state index contributed by atoms with van der Waals surface area (Å²) < 4.78 is 10.5. The molecule has 24 heavy (non-hydrogen) atoms. The molecular formula is C20H39NO3. The third-order valence-corrected chi connectivity index (χ3v) is 5.06. The minimum absolute atomic E-state index is 0.0852. The summed E-state index contributed by atoms with van der Waals surface area (Å²) in [5, 5.41) is 3.52. The van der Waals surface area contributed by atoms with E-state index in [1.54, 1.807) is 0 Å². The number of unbranched alkanes of at least 4 members (excludes halogenated alkanes) is 9. The van der Waals surface area contributed by atoms with Crippen molar-refractivity contribution < 1.29 is 14.3 Å². The quantitative estimate of drug-likeness (QED) is 0.338. The Kier molecular flexibility index (Phi) is 13.1. The highest BCUT2D eigenvalue weighted by atomic mass is 16.5. The van der Waals surface area contributed by atoms with Gasteiger partial charge in [-0.15, -0.1) is 0 Å². The number of rotatable bonds is 15. The predicted octanol–water partition coefficient (Wildman–Crippen LogP) is 4.96. The Morgan fingerprint density at radius 2 is 1.58 bits per heavy atom. The summed E-state index contributed by atoms with van der Waals surface area (Å²) in [6, 6.07) is 0.565. The topological polar surface area (TPSA) is 47.6 Å². The van der Waals surface area contributed by atoms with Crippen molar-refractivity contribution in [3.8, 4) is 0 Å². The van der Waals surface area contributed by atoms with Crippen molar-refractivity contribution in [1.29, 1.82) is 0 Å². The van der Waals surface area contributed by atoms with Gasteiger partial charge >= 0.3 is 5.97 Å². The lowest BCUT2D eigenvalue weighted by Crippen LogP contribution is -2.30. The van der Waals surface area contributed by atoms with E-state index in [1.807, 2.05) is 0 Å². The van der Waals surface area contributed by atoms with Crippen molar-refractivity contribution in [3.05, 3.63) is 0 Å². The summed E-state index contributed by atoms with van der Waals surface area (Å²) in [7, 11) is 1.46. The molecule has 1 saturated heterocycles. The molecule has 0 bridgehead atoms. The summed E-state index contributed by atoms with van der Waals surface area (Å²) in [5.74, 6) is -0.0852. The maximum atomic E-state index is 11.0. The van der Waals surface area contributed by atoms with Crippen LogP contribution in [0.25, 0.3) is 0 Å². The van der Waals surface area contributed by atoms with E-state index < -0.39 is 0 Å². The number of hydrogen-bond acceptors (Lipinski definition) is 4. The molecule has 1 heterocycles. The third kappa shape index (κ3) is 10.3. The van der Waals surface area contributed by atoms with Crippen LogP contribution in [0.1, 0.15) is 96.8 Å². The smallest absolute Gasteiger partial charge is 0.305 e. The van der Waals surface area contributed by atoms with Gasteiger partial charge in [-0.25, -0.2) is 0 Å². The molecule has 0 unspecified atom stereocenters. The van der Waals surface area contributed by atoms with Gasteiger partial charge in [0.15, 0.2) is 0 Å². The zero-order chi connectivity index (χ0) is 17.5. The molecule has 0 aromatic rings. The lowest BCUT2D eigenvalue weighted by molar-refractivity contribution is -0.140. The molecule has 1 fully saturated rings. The first-order valence-corrected chi connectivity index (χ1v) is 10.2. The Bertz CT molecular complexity index is 309. The van der Waals surface area contributed by atoms with Crippen molar-refractivity contribution in [3.63, 3.8) is 0 Å². The maximum absolute atomic E-state index is 11.0. The van der Waals surface area contributed by atoms with Crippen molar-refractivity contribution in [2.24, 2.45) is 0 Å². The number of hydrogen-bond donors (Lipinski definition) is 1. The first kappa shape index (κ1) is 21.4. The number of carbonyl (C=O) groups is 1. The summed E-state index contributed by atoms with van der Waals surface area (Å²) in [5.41, 5.74) is 0. The van der Waals surface area contributed by atoms with Crippen molar-refractivity contribution >= 4 is 5.97 Å².